The normalized spacial score (nSPS) is 11.6. The highest BCUT2D eigenvalue weighted by Gasteiger charge is 2.27. The van der Waals surface area contributed by atoms with Crippen molar-refractivity contribution >= 4 is 28.5 Å². The number of hydrogen-bond acceptors (Lipinski definition) is 5. The number of benzene rings is 1. The maximum Gasteiger partial charge on any atom is 0.405 e. The molecular weight excluding hydrogens is 347 g/mol. The Labute approximate surface area is 147 Å². The first-order valence-corrected chi connectivity index (χ1v) is 7.99. The highest BCUT2D eigenvalue weighted by atomic mass is 19.4. The zero-order valence-electron chi connectivity index (χ0n) is 14.2. The van der Waals surface area contributed by atoms with Crippen molar-refractivity contribution in [3.05, 3.63) is 36.0 Å². The van der Waals surface area contributed by atoms with Crippen LogP contribution in [0.5, 0.6) is 5.75 Å². The number of aromatic nitrogens is 3. The van der Waals surface area contributed by atoms with Crippen LogP contribution in [0, 0.1) is 0 Å². The van der Waals surface area contributed by atoms with Crippen molar-refractivity contribution in [2.75, 3.05) is 24.3 Å². The first-order valence-electron chi connectivity index (χ1n) is 7.99. The number of hydrogen-bond donors (Lipinski definition) is 3. The van der Waals surface area contributed by atoms with Crippen LogP contribution in [0.3, 0.4) is 0 Å². The number of methoxy groups -OCH3 is 1. The Morgan fingerprint density at radius 2 is 2.00 bits per heavy atom. The van der Waals surface area contributed by atoms with Gasteiger partial charge in [0.2, 0.25) is 5.95 Å². The fourth-order valence-electron chi connectivity index (χ4n) is 2.58. The first kappa shape index (κ1) is 17.8. The standard InChI is InChI=1S/C17H18F3N5O/c1-3-10-8-11(4-5-13(10)26-2)23-16-24-14-12(6-7-21-14)15(25-16)22-9-17(18,19)20/h4-8H,3,9H2,1-2H3,(H3,21,22,23,24,25). The smallest absolute Gasteiger partial charge is 0.405 e. The molecule has 0 radical (unpaired) electrons. The van der Waals surface area contributed by atoms with E-state index in [0.717, 1.165) is 23.4 Å². The third kappa shape index (κ3) is 3.98. The predicted octanol–water partition coefficient (Wildman–Crippen LogP) is 4.25. The molecule has 0 saturated carbocycles. The Bertz CT molecular complexity index is 907. The SMILES string of the molecule is CCc1cc(Nc2nc(NCC(F)(F)F)c3cc[nH]c3n2)ccc1OC. The van der Waals surface area contributed by atoms with Crippen molar-refractivity contribution < 1.29 is 17.9 Å². The summed E-state index contributed by atoms with van der Waals surface area (Å²) in [5.41, 5.74) is 2.15. The summed E-state index contributed by atoms with van der Waals surface area (Å²) in [4.78, 5) is 11.4. The lowest BCUT2D eigenvalue weighted by Crippen LogP contribution is -2.22. The minimum Gasteiger partial charge on any atom is -0.496 e. The van der Waals surface area contributed by atoms with E-state index in [9.17, 15) is 13.2 Å². The van der Waals surface area contributed by atoms with E-state index in [1.165, 1.54) is 0 Å². The molecule has 0 aliphatic rings. The second-order valence-corrected chi connectivity index (χ2v) is 5.61. The average molecular weight is 365 g/mol. The molecule has 0 unspecified atom stereocenters. The fraction of sp³-hybridized carbons (Fsp3) is 0.294. The lowest BCUT2D eigenvalue weighted by Gasteiger charge is -2.13. The summed E-state index contributed by atoms with van der Waals surface area (Å²) < 4.78 is 42.9. The van der Waals surface area contributed by atoms with Gasteiger partial charge in [-0.25, -0.2) is 0 Å². The minimum absolute atomic E-state index is 0.111. The predicted molar refractivity (Wildman–Crippen MR) is 94.1 cm³/mol. The molecule has 0 bridgehead atoms. The van der Waals surface area contributed by atoms with Gasteiger partial charge in [-0.1, -0.05) is 6.92 Å². The molecule has 2 heterocycles. The van der Waals surface area contributed by atoms with Crippen molar-refractivity contribution in [2.24, 2.45) is 0 Å². The first-order chi connectivity index (χ1) is 12.4. The molecule has 0 fully saturated rings. The fourth-order valence-corrected chi connectivity index (χ4v) is 2.58. The summed E-state index contributed by atoms with van der Waals surface area (Å²) in [6.45, 7) is 0.828. The highest BCUT2D eigenvalue weighted by molar-refractivity contribution is 5.88. The summed E-state index contributed by atoms with van der Waals surface area (Å²) in [5.74, 6) is 1.07. The van der Waals surface area contributed by atoms with Crippen LogP contribution in [0.25, 0.3) is 11.0 Å². The van der Waals surface area contributed by atoms with E-state index < -0.39 is 12.7 Å². The van der Waals surface area contributed by atoms with E-state index in [1.807, 2.05) is 19.1 Å². The largest absolute Gasteiger partial charge is 0.496 e. The summed E-state index contributed by atoms with van der Waals surface area (Å²) in [6.07, 6.45) is -1.97. The van der Waals surface area contributed by atoms with Gasteiger partial charge in [0, 0.05) is 11.9 Å². The number of anilines is 3. The van der Waals surface area contributed by atoms with Crippen LogP contribution < -0.4 is 15.4 Å². The molecule has 26 heavy (non-hydrogen) atoms. The third-order valence-electron chi connectivity index (χ3n) is 3.79. The maximum atomic E-state index is 12.5. The quantitative estimate of drug-likeness (QED) is 0.609. The summed E-state index contributed by atoms with van der Waals surface area (Å²) in [5, 5.41) is 5.84. The lowest BCUT2D eigenvalue weighted by molar-refractivity contribution is -0.115. The molecule has 1 aromatic carbocycles. The summed E-state index contributed by atoms with van der Waals surface area (Å²) in [7, 11) is 1.60. The number of H-pyrrole nitrogens is 1. The molecule has 3 aromatic rings. The number of aromatic amines is 1. The van der Waals surface area contributed by atoms with E-state index in [0.29, 0.717) is 11.0 Å². The Morgan fingerprint density at radius 3 is 2.69 bits per heavy atom. The van der Waals surface area contributed by atoms with Crippen molar-refractivity contribution in [1.29, 1.82) is 0 Å². The number of nitrogens with zero attached hydrogens (tertiary/aromatic N) is 2. The number of fused-ring (bicyclic) bond motifs is 1. The van der Waals surface area contributed by atoms with E-state index in [-0.39, 0.29) is 11.8 Å². The Morgan fingerprint density at radius 1 is 1.19 bits per heavy atom. The number of rotatable bonds is 6. The van der Waals surface area contributed by atoms with Crippen molar-refractivity contribution in [3.8, 4) is 5.75 Å². The van der Waals surface area contributed by atoms with E-state index in [1.54, 1.807) is 25.4 Å². The third-order valence-corrected chi connectivity index (χ3v) is 3.79. The lowest BCUT2D eigenvalue weighted by atomic mass is 10.1. The molecular formula is C17H18F3N5O. The molecule has 0 spiro atoms. The highest BCUT2D eigenvalue weighted by Crippen LogP contribution is 2.27. The molecule has 138 valence electrons. The summed E-state index contributed by atoms with van der Waals surface area (Å²) in [6, 6.07) is 7.13. The second-order valence-electron chi connectivity index (χ2n) is 5.61. The van der Waals surface area contributed by atoms with Gasteiger partial charge in [-0.2, -0.15) is 23.1 Å². The van der Waals surface area contributed by atoms with Gasteiger partial charge < -0.3 is 20.4 Å². The molecule has 9 heteroatoms. The van der Waals surface area contributed by atoms with Gasteiger partial charge >= 0.3 is 6.18 Å². The number of halogens is 3. The van der Waals surface area contributed by atoms with Gasteiger partial charge in [-0.05, 0) is 36.2 Å². The van der Waals surface area contributed by atoms with Crippen LogP contribution in [0.4, 0.5) is 30.6 Å². The second kappa shape index (κ2) is 7.11. The number of nitrogens with one attached hydrogen (secondary N) is 3. The zero-order valence-corrected chi connectivity index (χ0v) is 14.2. The van der Waals surface area contributed by atoms with E-state index in [2.05, 4.69) is 25.6 Å². The molecule has 0 saturated heterocycles. The molecule has 0 atom stereocenters. The van der Waals surface area contributed by atoms with Crippen LogP contribution >= 0.6 is 0 Å². The Hall–Kier alpha value is -2.97. The maximum absolute atomic E-state index is 12.5. The molecule has 0 aliphatic carbocycles. The van der Waals surface area contributed by atoms with Gasteiger partial charge in [0.15, 0.2) is 0 Å². The van der Waals surface area contributed by atoms with E-state index in [4.69, 9.17) is 4.74 Å². The monoisotopic (exact) mass is 365 g/mol. The topological polar surface area (TPSA) is 74.9 Å². The van der Waals surface area contributed by atoms with Gasteiger partial charge in [0.05, 0.1) is 12.5 Å². The Balaban J connectivity index is 1.90. The molecule has 0 aliphatic heterocycles. The van der Waals surface area contributed by atoms with Crippen LogP contribution in [-0.2, 0) is 6.42 Å². The van der Waals surface area contributed by atoms with Crippen LogP contribution in [-0.4, -0.2) is 34.8 Å². The zero-order chi connectivity index (χ0) is 18.7. The van der Waals surface area contributed by atoms with Crippen molar-refractivity contribution in [1.82, 2.24) is 15.0 Å². The molecule has 3 rings (SSSR count). The number of alkyl halides is 3. The minimum atomic E-state index is -4.34. The molecule has 0 amide bonds. The van der Waals surface area contributed by atoms with Crippen molar-refractivity contribution in [3.63, 3.8) is 0 Å². The summed E-state index contributed by atoms with van der Waals surface area (Å²) >= 11 is 0. The van der Waals surface area contributed by atoms with Gasteiger partial charge in [-0.15, -0.1) is 0 Å². The van der Waals surface area contributed by atoms with Crippen LogP contribution in [0.15, 0.2) is 30.5 Å². The number of aryl methyl sites for hydroxylation is 1. The van der Waals surface area contributed by atoms with Gasteiger partial charge in [-0.3, -0.25) is 0 Å². The van der Waals surface area contributed by atoms with Crippen LogP contribution in [0.2, 0.25) is 0 Å². The molecule has 2 aromatic heterocycles. The average Bonchev–Trinajstić information content (AvgIpc) is 3.07. The Kier molecular flexibility index (Phi) is 4.88. The van der Waals surface area contributed by atoms with Crippen LogP contribution in [0.1, 0.15) is 12.5 Å². The number of ether oxygens (including phenoxy) is 1. The van der Waals surface area contributed by atoms with Gasteiger partial charge in [0.25, 0.3) is 0 Å². The van der Waals surface area contributed by atoms with Gasteiger partial charge in [0.1, 0.15) is 23.8 Å². The molecule has 6 nitrogen and oxygen atoms in total. The van der Waals surface area contributed by atoms with E-state index >= 15 is 0 Å². The molecule has 3 N–H and O–H groups in total. The van der Waals surface area contributed by atoms with Crippen molar-refractivity contribution in [2.45, 2.75) is 19.5 Å².